The fourth-order valence-corrected chi connectivity index (χ4v) is 6.26. The van der Waals surface area contributed by atoms with Crippen LogP contribution in [0.5, 0.6) is 23.0 Å². The van der Waals surface area contributed by atoms with Gasteiger partial charge in [0, 0.05) is 43.7 Å². The summed E-state index contributed by atoms with van der Waals surface area (Å²) >= 11 is 0. The molecule has 47 heavy (non-hydrogen) atoms. The van der Waals surface area contributed by atoms with Gasteiger partial charge in [-0.25, -0.2) is 0 Å². The van der Waals surface area contributed by atoms with Crippen LogP contribution in [-0.4, -0.2) is 16.7 Å². The molecule has 0 unspecified atom stereocenters. The smallest absolute Gasteiger partial charge is 0.241 e. The van der Waals surface area contributed by atoms with Crippen molar-refractivity contribution in [3.05, 3.63) is 137 Å². The molecule has 0 bridgehead atoms. The second-order valence-corrected chi connectivity index (χ2v) is 12.5. The molecule has 6 aromatic rings. The first-order valence-corrected chi connectivity index (χ1v) is 15.8. The van der Waals surface area contributed by atoms with E-state index in [1.54, 1.807) is 0 Å². The van der Waals surface area contributed by atoms with E-state index in [0.29, 0.717) is 5.92 Å². The number of hydrogen-bond acceptors (Lipinski definition) is 4. The number of hydrogen-bond donors (Lipinski definition) is 0. The predicted octanol–water partition coefficient (Wildman–Crippen LogP) is 8.18. The molecule has 2 aliphatic rings. The molecule has 2 aliphatic heterocycles. The molecule has 2 aromatic heterocycles. The molecule has 0 N–H and O–H groups in total. The number of aryl methyl sites for hydroxylation is 4. The molecule has 1 radical (unpaired) electrons. The van der Waals surface area contributed by atoms with Gasteiger partial charge in [0.2, 0.25) is 6.71 Å². The first-order valence-electron chi connectivity index (χ1n) is 15.8. The van der Waals surface area contributed by atoms with Crippen LogP contribution in [0.2, 0.25) is 0 Å². The summed E-state index contributed by atoms with van der Waals surface area (Å²) in [6.07, 6.45) is 3.87. The zero-order chi connectivity index (χ0) is 31.9. The largest absolute Gasteiger partial charge is 0.503 e. The van der Waals surface area contributed by atoms with E-state index in [4.69, 9.17) is 14.5 Å². The predicted molar refractivity (Wildman–Crippen MR) is 188 cm³/mol. The van der Waals surface area contributed by atoms with Gasteiger partial charge in [-0.1, -0.05) is 68.3 Å². The monoisotopic (exact) mass is 791 g/mol. The molecular weight excluding hydrogens is 755 g/mol. The van der Waals surface area contributed by atoms with E-state index >= 15 is 0 Å². The van der Waals surface area contributed by atoms with Crippen molar-refractivity contribution in [1.82, 2.24) is 9.97 Å². The molecule has 8 rings (SSSR count). The van der Waals surface area contributed by atoms with Crippen LogP contribution in [-0.2, 0) is 20.1 Å². The summed E-state index contributed by atoms with van der Waals surface area (Å²) in [7, 11) is 0. The molecule has 0 atom stereocenters. The molecule has 0 saturated carbocycles. The summed E-state index contributed by atoms with van der Waals surface area (Å²) in [5, 5.41) is 0. The average Bonchev–Trinajstić information content (AvgIpc) is 3.06. The number of fused-ring (bicyclic) bond motifs is 4. The van der Waals surface area contributed by atoms with Crippen LogP contribution < -0.4 is 25.9 Å². The Balaban J connectivity index is 0.000000204. The normalized spacial score (nSPS) is 11.9. The maximum absolute atomic E-state index is 6.50. The fraction of sp³-hybridized carbons (Fsp3) is 0.171. The van der Waals surface area contributed by atoms with Crippen molar-refractivity contribution in [2.24, 2.45) is 0 Å². The van der Waals surface area contributed by atoms with E-state index < -0.39 is 0 Å². The molecule has 4 heterocycles. The Morgan fingerprint density at radius 1 is 0.681 bits per heavy atom. The van der Waals surface area contributed by atoms with Crippen LogP contribution in [0.4, 0.5) is 0 Å². The van der Waals surface area contributed by atoms with Crippen LogP contribution in [0.1, 0.15) is 47.6 Å². The van der Waals surface area contributed by atoms with Crippen LogP contribution >= 0.6 is 0 Å². The maximum atomic E-state index is 6.50. The summed E-state index contributed by atoms with van der Waals surface area (Å²) in [6.45, 7) is 12.8. The first kappa shape index (κ1) is 32.4. The van der Waals surface area contributed by atoms with Gasteiger partial charge in [0.25, 0.3) is 0 Å². The van der Waals surface area contributed by atoms with E-state index in [1.165, 1.54) is 27.8 Å². The minimum atomic E-state index is 0. The van der Waals surface area contributed by atoms with Crippen LogP contribution in [0.25, 0.3) is 22.5 Å². The van der Waals surface area contributed by atoms with Crippen LogP contribution in [0.3, 0.4) is 0 Å². The average molecular weight is 791 g/mol. The fourth-order valence-electron chi connectivity index (χ4n) is 6.26. The topological polar surface area (TPSA) is 44.2 Å². The molecular formula is C41H35BIrN2O2-2. The van der Waals surface area contributed by atoms with Crippen LogP contribution in [0.15, 0.2) is 97.3 Å². The van der Waals surface area contributed by atoms with Crippen molar-refractivity contribution >= 4 is 23.1 Å². The second-order valence-electron chi connectivity index (χ2n) is 12.5. The van der Waals surface area contributed by atoms with E-state index in [2.05, 4.69) is 101 Å². The van der Waals surface area contributed by atoms with Crippen LogP contribution in [0, 0.1) is 39.8 Å². The molecule has 0 saturated heterocycles. The van der Waals surface area contributed by atoms with Crippen molar-refractivity contribution < 1.29 is 29.6 Å². The summed E-state index contributed by atoms with van der Waals surface area (Å²) in [6, 6.07) is 35.5. The third-order valence-electron chi connectivity index (χ3n) is 8.91. The van der Waals surface area contributed by atoms with Gasteiger partial charge in [0.05, 0.1) is 0 Å². The Morgan fingerprint density at radius 3 is 2.15 bits per heavy atom. The van der Waals surface area contributed by atoms with E-state index in [9.17, 15) is 0 Å². The Bertz CT molecular complexity index is 2090. The number of nitrogens with zero attached hydrogens (tertiary/aromatic N) is 2. The van der Waals surface area contributed by atoms with Crippen molar-refractivity contribution in [3.8, 4) is 45.5 Å². The summed E-state index contributed by atoms with van der Waals surface area (Å²) in [5.74, 6) is 3.85. The third kappa shape index (κ3) is 6.16. The SMILES string of the molecule is Cc1c[c-]c(-c2cc(C)c(C)cn2)cc1.Cc1cnc(-c2[c-]ccc3c2Oc2cccc4c2B3c2ccccc2O4)cc1C(C)C.[Ir]. The van der Waals surface area contributed by atoms with Gasteiger partial charge < -0.3 is 19.4 Å². The molecule has 6 heteroatoms. The Morgan fingerprint density at radius 2 is 1.40 bits per heavy atom. The zero-order valence-corrected chi connectivity index (χ0v) is 29.8. The summed E-state index contributed by atoms with van der Waals surface area (Å²) < 4.78 is 12.7. The molecule has 235 valence electrons. The number of pyridine rings is 2. The molecule has 4 nitrogen and oxygen atoms in total. The third-order valence-corrected chi connectivity index (χ3v) is 8.91. The number of aromatic nitrogens is 2. The Labute approximate surface area is 291 Å². The van der Waals surface area contributed by atoms with E-state index in [1.807, 2.05) is 54.9 Å². The van der Waals surface area contributed by atoms with Gasteiger partial charge >= 0.3 is 0 Å². The van der Waals surface area contributed by atoms with Gasteiger partial charge in [-0.05, 0) is 78.4 Å². The van der Waals surface area contributed by atoms with Gasteiger partial charge in [-0.2, -0.15) is 0 Å². The number of rotatable bonds is 3. The minimum absolute atomic E-state index is 0. The van der Waals surface area contributed by atoms with Gasteiger partial charge in [0.1, 0.15) is 17.2 Å². The van der Waals surface area contributed by atoms with Crippen molar-refractivity contribution in [3.63, 3.8) is 0 Å². The Hall–Kier alpha value is -4.51. The summed E-state index contributed by atoms with van der Waals surface area (Å²) in [4.78, 5) is 9.15. The second kappa shape index (κ2) is 13.3. The first-order chi connectivity index (χ1) is 22.3. The Kier molecular flexibility index (Phi) is 9.19. The molecule has 0 fully saturated rings. The maximum Gasteiger partial charge on any atom is 0.241 e. The molecule has 4 aromatic carbocycles. The quantitative estimate of drug-likeness (QED) is 0.134. The number of para-hydroxylation sites is 1. The van der Waals surface area contributed by atoms with E-state index in [0.717, 1.165) is 61.9 Å². The van der Waals surface area contributed by atoms with Gasteiger partial charge in [-0.3, -0.25) is 0 Å². The summed E-state index contributed by atoms with van der Waals surface area (Å²) in [5.41, 5.74) is 13.4. The number of ether oxygens (including phenoxy) is 2. The minimum Gasteiger partial charge on any atom is -0.503 e. The molecule has 0 spiro atoms. The van der Waals surface area contributed by atoms with Crippen molar-refractivity contribution in [1.29, 1.82) is 0 Å². The van der Waals surface area contributed by atoms with Gasteiger partial charge in [0.15, 0.2) is 0 Å². The van der Waals surface area contributed by atoms with E-state index in [-0.39, 0.29) is 26.8 Å². The standard InChI is InChI=1S/C27H21BNO2.C14H14N.Ir/c1-16(2)19-14-22(29-15-17(19)3)18-8-6-10-21-27(18)31-25-13-7-12-24-26(25)28(21)20-9-4-5-11-23(20)30-24;1-10-4-6-13(7-5-10)14-8-11(2)12(3)9-15-14;/h4-7,9-16H,1-3H3;4-6,8-9H,1-3H3;/q2*-1;. The van der Waals surface area contributed by atoms with Crippen molar-refractivity contribution in [2.75, 3.05) is 0 Å². The molecule has 0 amide bonds. The van der Waals surface area contributed by atoms with Gasteiger partial charge in [-0.15, -0.1) is 59.1 Å². The molecule has 0 aliphatic carbocycles. The zero-order valence-electron chi connectivity index (χ0n) is 27.4. The number of benzene rings is 4. The van der Waals surface area contributed by atoms with Crippen molar-refractivity contribution in [2.45, 2.75) is 47.5 Å².